The maximum atomic E-state index is 14.6. The van der Waals surface area contributed by atoms with Crippen molar-refractivity contribution >= 4 is 11.8 Å². The smallest absolute Gasteiger partial charge is 0.338 e. The lowest BCUT2D eigenvalue weighted by Gasteiger charge is -2.69. The number of fused-ring (bicyclic) bond motifs is 5. The fourth-order valence-corrected chi connectivity index (χ4v) is 9.08. The van der Waals surface area contributed by atoms with Gasteiger partial charge in [-0.05, 0) is 66.7 Å². The van der Waals surface area contributed by atoms with Crippen LogP contribution in [0.2, 0.25) is 0 Å². The standard InChI is InChI=1S/C31H42O5/c1-17-15-21-13-14-29(21,6)24-26(36-27(34)20-11-9-8-10-12-20)31(35)16-22(32)18(2)23(28(31,4)5)19(3)25(33)30(17,24)7/h8-12,17,19,21-22,24,26,32,35H,13-16H2,1-7H3/t17-,19+,21+,22-,24?,26-,29+,30+,31+/m0/s1. The quantitative estimate of drug-likeness (QED) is 0.428. The minimum Gasteiger partial charge on any atom is -0.455 e. The number of Topliss-reactive ketones (excluding diaryl/α,β-unsaturated/α-hetero) is 1. The molecule has 2 N–H and O–H groups in total. The van der Waals surface area contributed by atoms with Crippen molar-refractivity contribution in [2.75, 3.05) is 0 Å². The highest BCUT2D eigenvalue weighted by Gasteiger charge is 2.73. The molecule has 1 unspecified atom stereocenters. The van der Waals surface area contributed by atoms with Gasteiger partial charge in [0.15, 0.2) is 0 Å². The number of ketones is 1. The molecule has 196 valence electrons. The first-order valence-corrected chi connectivity index (χ1v) is 13.6. The van der Waals surface area contributed by atoms with Crippen molar-refractivity contribution in [2.24, 2.45) is 39.9 Å². The lowest BCUT2D eigenvalue weighted by Crippen LogP contribution is -2.73. The van der Waals surface area contributed by atoms with Crippen LogP contribution in [0.3, 0.4) is 0 Å². The molecule has 2 bridgehead atoms. The predicted molar refractivity (Wildman–Crippen MR) is 138 cm³/mol. The van der Waals surface area contributed by atoms with Gasteiger partial charge in [0, 0.05) is 29.1 Å². The molecule has 0 aromatic heterocycles. The van der Waals surface area contributed by atoms with Crippen molar-refractivity contribution in [1.29, 1.82) is 0 Å². The summed E-state index contributed by atoms with van der Waals surface area (Å²) in [5, 5.41) is 24.0. The monoisotopic (exact) mass is 494 g/mol. The van der Waals surface area contributed by atoms with Gasteiger partial charge in [-0.3, -0.25) is 4.79 Å². The van der Waals surface area contributed by atoms with Crippen LogP contribution in [-0.4, -0.2) is 39.8 Å². The van der Waals surface area contributed by atoms with Crippen LogP contribution in [0.5, 0.6) is 0 Å². The number of aliphatic hydroxyl groups is 2. The Balaban J connectivity index is 1.78. The van der Waals surface area contributed by atoms with Gasteiger partial charge in [0.2, 0.25) is 0 Å². The molecule has 5 rings (SSSR count). The minimum absolute atomic E-state index is 0.0741. The highest BCUT2D eigenvalue weighted by Crippen LogP contribution is 2.71. The summed E-state index contributed by atoms with van der Waals surface area (Å²) in [4.78, 5) is 28.2. The number of aliphatic hydroxyl groups excluding tert-OH is 1. The number of benzene rings is 1. The van der Waals surface area contributed by atoms with E-state index in [9.17, 15) is 19.8 Å². The molecular formula is C31H42O5. The van der Waals surface area contributed by atoms with Crippen LogP contribution in [0.25, 0.3) is 0 Å². The van der Waals surface area contributed by atoms with E-state index in [1.54, 1.807) is 24.3 Å². The summed E-state index contributed by atoms with van der Waals surface area (Å²) < 4.78 is 6.43. The van der Waals surface area contributed by atoms with Crippen LogP contribution in [-0.2, 0) is 9.53 Å². The Morgan fingerprint density at radius 1 is 1.08 bits per heavy atom. The number of rotatable bonds is 2. The van der Waals surface area contributed by atoms with Gasteiger partial charge >= 0.3 is 5.97 Å². The lowest BCUT2D eigenvalue weighted by molar-refractivity contribution is -0.255. The Hall–Kier alpha value is -1.98. The summed E-state index contributed by atoms with van der Waals surface area (Å²) in [5.41, 5.74) is -1.44. The third-order valence-electron chi connectivity index (χ3n) is 11.5. The van der Waals surface area contributed by atoms with E-state index >= 15 is 0 Å². The second-order valence-corrected chi connectivity index (χ2v) is 13.3. The van der Waals surface area contributed by atoms with Crippen LogP contribution in [0.4, 0.5) is 0 Å². The number of hydrogen-bond donors (Lipinski definition) is 2. The molecule has 3 fully saturated rings. The molecular weight excluding hydrogens is 452 g/mol. The van der Waals surface area contributed by atoms with Crippen LogP contribution in [0.15, 0.2) is 41.5 Å². The largest absolute Gasteiger partial charge is 0.455 e. The number of carbonyl (C=O) groups excluding carboxylic acids is 2. The minimum atomic E-state index is -1.53. The van der Waals surface area contributed by atoms with Crippen molar-refractivity contribution in [2.45, 2.75) is 92.0 Å². The van der Waals surface area contributed by atoms with Crippen molar-refractivity contribution in [3.8, 4) is 0 Å². The molecule has 4 aliphatic carbocycles. The Labute approximate surface area is 215 Å². The molecule has 0 amide bonds. The third-order valence-corrected chi connectivity index (χ3v) is 11.5. The molecule has 3 saturated carbocycles. The molecule has 5 heteroatoms. The fraction of sp³-hybridized carbons (Fsp3) is 0.677. The van der Waals surface area contributed by atoms with E-state index in [-0.39, 0.29) is 29.5 Å². The van der Waals surface area contributed by atoms with Gasteiger partial charge in [-0.2, -0.15) is 0 Å². The van der Waals surface area contributed by atoms with Gasteiger partial charge in [-0.15, -0.1) is 0 Å². The molecule has 0 spiro atoms. The Kier molecular flexibility index (Phi) is 5.71. The summed E-state index contributed by atoms with van der Waals surface area (Å²) in [5.74, 6) is -0.638. The highest BCUT2D eigenvalue weighted by molar-refractivity contribution is 5.92. The average molecular weight is 495 g/mol. The average Bonchev–Trinajstić information content (AvgIpc) is 2.83. The SMILES string of the molecule is CC1=C2[C@@H](C)C(=O)[C@@]3(C)C([C@H](OC(=O)c4ccccc4)[C@](O)(C[C@@H]1O)C2(C)C)[C@]1(C)CC[C@@H]1C[C@@H]3C. The van der Waals surface area contributed by atoms with E-state index in [0.717, 1.165) is 30.4 Å². The summed E-state index contributed by atoms with van der Waals surface area (Å²) in [6.07, 6.45) is 1.23. The molecule has 1 aromatic rings. The van der Waals surface area contributed by atoms with E-state index in [1.165, 1.54) is 0 Å². The summed E-state index contributed by atoms with van der Waals surface area (Å²) in [6, 6.07) is 8.87. The maximum Gasteiger partial charge on any atom is 0.338 e. The molecule has 0 aliphatic heterocycles. The first-order chi connectivity index (χ1) is 16.7. The maximum absolute atomic E-state index is 14.6. The van der Waals surface area contributed by atoms with Gasteiger partial charge in [0.1, 0.15) is 17.5 Å². The predicted octanol–water partition coefficient (Wildman–Crippen LogP) is 5.35. The van der Waals surface area contributed by atoms with E-state index < -0.39 is 40.5 Å². The number of esters is 1. The van der Waals surface area contributed by atoms with E-state index in [1.807, 2.05) is 33.8 Å². The van der Waals surface area contributed by atoms with Crippen LogP contribution in [0, 0.1) is 39.9 Å². The lowest BCUT2D eigenvalue weighted by atomic mass is 9.36. The first kappa shape index (κ1) is 25.7. The summed E-state index contributed by atoms with van der Waals surface area (Å²) in [6.45, 7) is 14.2. The van der Waals surface area contributed by atoms with Gasteiger partial charge < -0.3 is 14.9 Å². The first-order valence-electron chi connectivity index (χ1n) is 13.6. The van der Waals surface area contributed by atoms with E-state index in [4.69, 9.17) is 4.74 Å². The molecule has 5 nitrogen and oxygen atoms in total. The molecule has 0 saturated heterocycles. The summed E-state index contributed by atoms with van der Waals surface area (Å²) in [7, 11) is 0. The summed E-state index contributed by atoms with van der Waals surface area (Å²) >= 11 is 0. The molecule has 4 aliphatic rings. The van der Waals surface area contributed by atoms with Crippen molar-refractivity contribution in [3.63, 3.8) is 0 Å². The van der Waals surface area contributed by atoms with Crippen molar-refractivity contribution < 1.29 is 24.5 Å². The van der Waals surface area contributed by atoms with Crippen LogP contribution >= 0.6 is 0 Å². The number of ether oxygens (including phenoxy) is 1. The second kappa shape index (κ2) is 8.01. The molecule has 9 atom stereocenters. The topological polar surface area (TPSA) is 83.8 Å². The van der Waals surface area contributed by atoms with Gasteiger partial charge in [-0.25, -0.2) is 4.79 Å². The Bertz CT molecular complexity index is 1120. The fourth-order valence-electron chi connectivity index (χ4n) is 9.08. The molecule has 0 heterocycles. The molecule has 1 aromatic carbocycles. The van der Waals surface area contributed by atoms with Gasteiger partial charge in [-0.1, -0.05) is 59.7 Å². The van der Waals surface area contributed by atoms with E-state index in [0.29, 0.717) is 11.5 Å². The number of carbonyl (C=O) groups is 2. The number of hydrogen-bond acceptors (Lipinski definition) is 5. The van der Waals surface area contributed by atoms with E-state index in [2.05, 4.69) is 20.8 Å². The normalized spacial score (nSPS) is 45.5. The zero-order valence-electron chi connectivity index (χ0n) is 22.8. The van der Waals surface area contributed by atoms with Crippen molar-refractivity contribution in [1.82, 2.24) is 0 Å². The van der Waals surface area contributed by atoms with Crippen LogP contribution in [0.1, 0.15) is 84.5 Å². The van der Waals surface area contributed by atoms with Gasteiger partial charge in [0.05, 0.1) is 11.7 Å². The zero-order valence-corrected chi connectivity index (χ0v) is 22.8. The van der Waals surface area contributed by atoms with Crippen LogP contribution < -0.4 is 0 Å². The molecule has 36 heavy (non-hydrogen) atoms. The van der Waals surface area contributed by atoms with Crippen molar-refractivity contribution in [3.05, 3.63) is 47.0 Å². The van der Waals surface area contributed by atoms with Gasteiger partial charge in [0.25, 0.3) is 0 Å². The second-order valence-electron chi connectivity index (χ2n) is 13.3. The zero-order chi connectivity index (χ0) is 26.4. The Morgan fingerprint density at radius 2 is 1.72 bits per heavy atom. The molecule has 0 radical (unpaired) electrons. The third kappa shape index (κ3) is 3.08. The Morgan fingerprint density at radius 3 is 2.31 bits per heavy atom. The highest BCUT2D eigenvalue weighted by atomic mass is 16.6.